The Morgan fingerprint density at radius 2 is 2.00 bits per heavy atom. The van der Waals surface area contributed by atoms with E-state index in [-0.39, 0.29) is 29.6 Å². The Labute approximate surface area is 228 Å². The first-order valence-electron chi connectivity index (χ1n) is 12.4. The molecule has 0 atom stereocenters. The molecule has 0 aliphatic carbocycles. The number of likely N-dealkylation sites (tertiary alicyclic amines) is 1. The van der Waals surface area contributed by atoms with Crippen molar-refractivity contribution in [1.29, 1.82) is 0 Å². The van der Waals surface area contributed by atoms with E-state index in [0.717, 1.165) is 9.79 Å². The highest BCUT2D eigenvalue weighted by Crippen LogP contribution is 2.41. The van der Waals surface area contributed by atoms with Gasteiger partial charge in [0.2, 0.25) is 5.91 Å². The molecule has 200 valence electrons. The monoisotopic (exact) mass is 559 g/mol. The van der Waals surface area contributed by atoms with E-state index in [2.05, 4.69) is 5.32 Å². The third-order valence-corrected chi connectivity index (χ3v) is 8.57. The van der Waals surface area contributed by atoms with Crippen LogP contribution in [0.4, 0.5) is 9.18 Å². The molecule has 8 nitrogen and oxygen atoms in total. The summed E-state index contributed by atoms with van der Waals surface area (Å²) < 4.78 is 27.6. The van der Waals surface area contributed by atoms with Gasteiger partial charge in [0.15, 0.2) is 5.82 Å². The Morgan fingerprint density at radius 1 is 1.24 bits per heavy atom. The number of hydrogen-bond donors (Lipinski definition) is 1. The molecule has 0 bridgehead atoms. The highest BCUT2D eigenvalue weighted by molar-refractivity contribution is 7.99. The average Bonchev–Trinajstić information content (AvgIpc) is 3.39. The molecule has 3 aromatic rings. The van der Waals surface area contributed by atoms with Gasteiger partial charge in [0.25, 0.3) is 0 Å². The molecular formula is C27H27ClFN3O5S. The van der Waals surface area contributed by atoms with Crippen LogP contribution in [0.15, 0.2) is 46.2 Å². The highest BCUT2D eigenvalue weighted by Gasteiger charge is 2.43. The van der Waals surface area contributed by atoms with Gasteiger partial charge >= 0.3 is 12.1 Å². The molecule has 2 aromatic carbocycles. The molecule has 0 unspecified atom stereocenters. The molecule has 2 aliphatic heterocycles. The molecule has 2 fully saturated rings. The predicted octanol–water partition coefficient (Wildman–Crippen LogP) is 5.17. The number of amides is 2. The summed E-state index contributed by atoms with van der Waals surface area (Å²) in [7, 11) is 0. The Bertz CT molecular complexity index is 1430. The van der Waals surface area contributed by atoms with Crippen LogP contribution in [0.2, 0.25) is 5.02 Å². The van der Waals surface area contributed by atoms with Crippen molar-refractivity contribution < 1.29 is 28.2 Å². The summed E-state index contributed by atoms with van der Waals surface area (Å²) in [4.78, 5) is 40.3. The van der Waals surface area contributed by atoms with Crippen LogP contribution in [0.25, 0.3) is 10.9 Å². The number of nitrogens with zero attached hydrogens (tertiary/aromatic N) is 2. The molecule has 0 radical (unpaired) electrons. The van der Waals surface area contributed by atoms with Gasteiger partial charge in [-0.3, -0.25) is 4.79 Å². The van der Waals surface area contributed by atoms with Crippen molar-refractivity contribution in [2.45, 2.75) is 48.6 Å². The number of alkyl carbamates (subject to hydrolysis) is 1. The first-order valence-corrected chi connectivity index (χ1v) is 13.6. The number of piperidine rings is 1. The van der Waals surface area contributed by atoms with Crippen LogP contribution in [0.1, 0.15) is 35.8 Å². The summed E-state index contributed by atoms with van der Waals surface area (Å²) in [5, 5.41) is 3.29. The minimum Gasteiger partial charge on any atom is -0.462 e. The maximum absolute atomic E-state index is 15.4. The third-order valence-electron chi connectivity index (χ3n) is 7.07. The number of hydrogen-bond acceptors (Lipinski definition) is 6. The van der Waals surface area contributed by atoms with Gasteiger partial charge in [-0.2, -0.15) is 0 Å². The maximum atomic E-state index is 15.4. The van der Waals surface area contributed by atoms with Gasteiger partial charge in [-0.1, -0.05) is 29.4 Å². The Balaban J connectivity index is 1.42. The van der Waals surface area contributed by atoms with Crippen molar-refractivity contribution in [1.82, 2.24) is 14.8 Å². The van der Waals surface area contributed by atoms with Gasteiger partial charge in [0, 0.05) is 46.8 Å². The smallest absolute Gasteiger partial charge is 0.407 e. The number of carbonyl (C=O) groups excluding carboxylic acids is 3. The molecule has 1 aromatic heterocycles. The summed E-state index contributed by atoms with van der Waals surface area (Å²) in [5.41, 5.74) is 0.831. The number of ether oxygens (including phenoxy) is 2. The molecule has 2 amide bonds. The van der Waals surface area contributed by atoms with E-state index in [0.29, 0.717) is 49.1 Å². The number of nitrogens with one attached hydrogen (secondary N) is 1. The molecule has 0 saturated carbocycles. The molecule has 3 heterocycles. The number of fused-ring (bicyclic) bond motifs is 1. The van der Waals surface area contributed by atoms with Crippen LogP contribution >= 0.6 is 23.4 Å². The summed E-state index contributed by atoms with van der Waals surface area (Å²) in [6, 6.07) is 10.3. The van der Waals surface area contributed by atoms with E-state index in [1.165, 1.54) is 17.8 Å². The van der Waals surface area contributed by atoms with Crippen LogP contribution < -0.4 is 5.32 Å². The zero-order valence-corrected chi connectivity index (χ0v) is 22.6. The maximum Gasteiger partial charge on any atom is 0.407 e. The molecule has 2 aliphatic rings. The number of benzene rings is 2. The number of halogens is 2. The van der Waals surface area contributed by atoms with Gasteiger partial charge in [-0.05, 0) is 44.2 Å². The lowest BCUT2D eigenvalue weighted by molar-refractivity contribution is -0.135. The van der Waals surface area contributed by atoms with Gasteiger partial charge in [-0.15, -0.1) is 0 Å². The largest absolute Gasteiger partial charge is 0.462 e. The zero-order valence-electron chi connectivity index (χ0n) is 21.0. The van der Waals surface area contributed by atoms with E-state index < -0.39 is 23.5 Å². The lowest BCUT2D eigenvalue weighted by Gasteiger charge is -2.37. The SMILES string of the molecule is CCOC(=O)c1cccc(Sc2c(C)n(CC(=O)N3CCC4(CC3)CNC(=O)O4)c3c(F)c(Cl)ccc23)c1. The average molecular weight is 560 g/mol. The van der Waals surface area contributed by atoms with Crippen LogP contribution in [0.3, 0.4) is 0 Å². The molecule has 2 saturated heterocycles. The summed E-state index contributed by atoms with van der Waals surface area (Å²) in [6.45, 7) is 5.13. The summed E-state index contributed by atoms with van der Waals surface area (Å²) in [6.07, 6.45) is 0.659. The number of carbonyl (C=O) groups is 3. The highest BCUT2D eigenvalue weighted by atomic mass is 35.5. The van der Waals surface area contributed by atoms with Crippen molar-refractivity contribution >= 4 is 52.2 Å². The van der Waals surface area contributed by atoms with E-state index in [9.17, 15) is 14.4 Å². The van der Waals surface area contributed by atoms with Crippen LogP contribution in [0, 0.1) is 12.7 Å². The topological polar surface area (TPSA) is 89.9 Å². The van der Waals surface area contributed by atoms with Gasteiger partial charge in [-0.25, -0.2) is 14.0 Å². The molecule has 11 heteroatoms. The van der Waals surface area contributed by atoms with E-state index >= 15 is 4.39 Å². The second kappa shape index (κ2) is 10.5. The summed E-state index contributed by atoms with van der Waals surface area (Å²) >= 11 is 7.53. The normalized spacial score (nSPS) is 16.5. The van der Waals surface area contributed by atoms with Crippen LogP contribution in [-0.4, -0.2) is 59.3 Å². The predicted molar refractivity (Wildman–Crippen MR) is 141 cm³/mol. The molecule has 1 N–H and O–H groups in total. The Morgan fingerprint density at radius 3 is 2.68 bits per heavy atom. The third kappa shape index (κ3) is 4.94. The van der Waals surface area contributed by atoms with Crippen molar-refractivity contribution in [2.75, 3.05) is 26.2 Å². The lowest BCUT2D eigenvalue weighted by atomic mass is 9.91. The standard InChI is InChI=1S/C27H27ClFN3O5S/c1-3-36-25(34)17-5-4-6-18(13-17)38-24-16(2)32(23-19(24)7-8-20(28)22(23)29)14-21(33)31-11-9-27(10-12-31)15-30-26(35)37-27/h4-8,13H,3,9-12,14-15H2,1-2H3,(H,30,35). The lowest BCUT2D eigenvalue weighted by Crippen LogP contribution is -2.49. The first kappa shape index (κ1) is 26.4. The number of rotatable bonds is 6. The quantitative estimate of drug-likeness (QED) is 0.419. The Kier molecular flexibility index (Phi) is 7.28. The van der Waals surface area contributed by atoms with Crippen molar-refractivity contribution in [3.63, 3.8) is 0 Å². The summed E-state index contributed by atoms with van der Waals surface area (Å²) in [5.74, 6) is -1.16. The number of aromatic nitrogens is 1. The van der Waals surface area contributed by atoms with Crippen molar-refractivity contribution in [2.24, 2.45) is 0 Å². The van der Waals surface area contributed by atoms with Crippen molar-refractivity contribution in [3.8, 4) is 0 Å². The van der Waals surface area contributed by atoms with Gasteiger partial charge < -0.3 is 24.3 Å². The van der Waals surface area contributed by atoms with Crippen molar-refractivity contribution in [3.05, 3.63) is 58.5 Å². The molecular weight excluding hydrogens is 533 g/mol. The fraction of sp³-hybridized carbons (Fsp3) is 0.370. The fourth-order valence-corrected chi connectivity index (χ4v) is 6.25. The molecule has 38 heavy (non-hydrogen) atoms. The molecule has 1 spiro atoms. The van der Waals surface area contributed by atoms with Crippen LogP contribution in [0.5, 0.6) is 0 Å². The van der Waals surface area contributed by atoms with Gasteiger partial charge in [0.1, 0.15) is 12.1 Å². The first-order chi connectivity index (χ1) is 18.2. The minimum atomic E-state index is -0.589. The molecule has 5 rings (SSSR count). The second-order valence-electron chi connectivity index (χ2n) is 9.42. The van der Waals surface area contributed by atoms with E-state index in [1.54, 1.807) is 40.7 Å². The minimum absolute atomic E-state index is 0.0278. The number of esters is 1. The second-order valence-corrected chi connectivity index (χ2v) is 10.9. The zero-order chi connectivity index (χ0) is 27.0. The fourth-order valence-electron chi connectivity index (χ4n) is 5.00. The van der Waals surface area contributed by atoms with Crippen LogP contribution in [-0.2, 0) is 20.8 Å². The van der Waals surface area contributed by atoms with Gasteiger partial charge in [0.05, 0.1) is 29.3 Å². The Hall–Kier alpha value is -3.24. The van der Waals surface area contributed by atoms with E-state index in [1.807, 2.05) is 13.0 Å². The van der Waals surface area contributed by atoms with E-state index in [4.69, 9.17) is 21.1 Å².